The van der Waals surface area contributed by atoms with Crippen LogP contribution in [0.5, 0.6) is 0 Å². The molecule has 5 nitrogen and oxygen atoms in total. The van der Waals surface area contributed by atoms with Gasteiger partial charge >= 0.3 is 6.72 Å². The van der Waals surface area contributed by atoms with Crippen molar-refractivity contribution in [3.8, 4) is 12.1 Å². The van der Waals surface area contributed by atoms with Gasteiger partial charge in [-0.25, -0.2) is 0 Å². The number of nitriles is 2. The normalized spacial score (nSPS) is 19.1. The van der Waals surface area contributed by atoms with Crippen molar-refractivity contribution in [1.29, 1.82) is 10.5 Å². The minimum Gasteiger partial charge on any atom is -0.306 e. The fraction of sp³-hybridized carbons (Fsp3) is 0.667. The van der Waals surface area contributed by atoms with E-state index < -0.39 is 6.72 Å². The van der Waals surface area contributed by atoms with Crippen LogP contribution < -0.4 is 0 Å². The fourth-order valence-corrected chi connectivity index (χ4v) is 8.37. The Hall–Kier alpha value is -0.590. The van der Waals surface area contributed by atoms with E-state index in [0.717, 1.165) is 6.42 Å². The topological polar surface area (TPSA) is 77.1 Å². The zero-order valence-corrected chi connectivity index (χ0v) is 14.4. The quantitative estimate of drug-likeness (QED) is 0.538. The lowest BCUT2D eigenvalue weighted by Gasteiger charge is -2.29. The van der Waals surface area contributed by atoms with E-state index in [-0.39, 0.29) is 10.8 Å². The fourth-order valence-electron chi connectivity index (χ4n) is 1.58. The van der Waals surface area contributed by atoms with E-state index in [1.54, 1.807) is 11.6 Å². The molecule has 0 spiro atoms. The van der Waals surface area contributed by atoms with Gasteiger partial charge < -0.3 is 4.52 Å². The maximum atomic E-state index is 13.1. The number of nitrogens with zero attached hydrogens (tertiary/aromatic N) is 3. The van der Waals surface area contributed by atoms with E-state index in [4.69, 9.17) is 15.0 Å². The van der Waals surface area contributed by atoms with Crippen LogP contribution in [0.25, 0.3) is 0 Å². The van der Waals surface area contributed by atoms with Gasteiger partial charge in [0.15, 0.2) is 5.57 Å². The summed E-state index contributed by atoms with van der Waals surface area (Å²) in [6.45, 7) is 3.59. The maximum absolute atomic E-state index is 13.1. The molecule has 110 valence electrons. The van der Waals surface area contributed by atoms with Gasteiger partial charge in [0.1, 0.15) is 17.2 Å². The van der Waals surface area contributed by atoms with Crippen LogP contribution in [0.2, 0.25) is 0 Å². The number of hydrogen-bond donors (Lipinski definition) is 0. The second kappa shape index (κ2) is 8.00. The predicted octanol–water partition coefficient (Wildman–Crippen LogP) is 3.97. The van der Waals surface area contributed by atoms with Crippen LogP contribution in [0.3, 0.4) is 0 Å². The maximum Gasteiger partial charge on any atom is 0.354 e. The molecule has 0 saturated carbocycles. The molecule has 0 amide bonds. The highest BCUT2D eigenvalue weighted by atomic mass is 32.7. The Morgan fingerprint density at radius 1 is 1.55 bits per heavy atom. The third-order valence-electron chi connectivity index (χ3n) is 2.69. The summed E-state index contributed by atoms with van der Waals surface area (Å²) in [6.07, 6.45) is 0.880. The van der Waals surface area contributed by atoms with Gasteiger partial charge in [-0.2, -0.15) is 10.5 Å². The lowest BCUT2D eigenvalue weighted by atomic mass is 10.3. The van der Waals surface area contributed by atoms with E-state index in [9.17, 15) is 4.57 Å². The van der Waals surface area contributed by atoms with Crippen LogP contribution in [0.4, 0.5) is 0 Å². The van der Waals surface area contributed by atoms with Crippen LogP contribution in [0.1, 0.15) is 27.2 Å². The molecule has 0 aliphatic carbocycles. The molecule has 0 radical (unpaired) electrons. The Labute approximate surface area is 128 Å². The lowest BCUT2D eigenvalue weighted by molar-refractivity contribution is 0.312. The molecule has 8 heteroatoms. The zero-order valence-electron chi connectivity index (χ0n) is 11.8. The van der Waals surface area contributed by atoms with Crippen LogP contribution in [0, 0.1) is 22.7 Å². The Bertz CT molecular complexity index is 494. The smallest absolute Gasteiger partial charge is 0.306 e. The van der Waals surface area contributed by atoms with Crippen molar-refractivity contribution in [2.45, 2.75) is 32.4 Å². The first-order valence-electron chi connectivity index (χ1n) is 6.40. The molecule has 2 atom stereocenters. The minimum atomic E-state index is -3.11. The largest absolute Gasteiger partial charge is 0.354 e. The second-order valence-electron chi connectivity index (χ2n) is 4.09. The van der Waals surface area contributed by atoms with Crippen molar-refractivity contribution in [1.82, 2.24) is 4.67 Å². The number of thioether (sulfide) groups is 1. The Balaban J connectivity index is 3.15. The van der Waals surface area contributed by atoms with Crippen LogP contribution in [-0.4, -0.2) is 28.8 Å². The van der Waals surface area contributed by atoms with E-state index in [1.165, 1.54) is 23.1 Å². The van der Waals surface area contributed by atoms with Crippen LogP contribution in [0.15, 0.2) is 10.6 Å². The Kier molecular flexibility index (Phi) is 6.99. The zero-order chi connectivity index (χ0) is 15.2. The summed E-state index contributed by atoms with van der Waals surface area (Å²) in [4.78, 5) is 0. The standard InChI is InChI=1S/C12H18N3O2PS2/c1-4-10(3)20-18(16,17-5-2)15-6-7-19-12(15)11(8-13)9-14/h10H,4-7H2,1-3H3. The van der Waals surface area contributed by atoms with Crippen molar-refractivity contribution < 1.29 is 9.09 Å². The molecule has 0 aromatic rings. The molecule has 2 unspecified atom stereocenters. The van der Waals surface area contributed by atoms with Crippen molar-refractivity contribution in [3.05, 3.63) is 10.6 Å². The average molecular weight is 331 g/mol. The van der Waals surface area contributed by atoms with Crippen LogP contribution in [-0.2, 0) is 9.09 Å². The van der Waals surface area contributed by atoms with Crippen molar-refractivity contribution in [3.63, 3.8) is 0 Å². The highest BCUT2D eigenvalue weighted by molar-refractivity contribution is 8.56. The highest BCUT2D eigenvalue weighted by Gasteiger charge is 2.40. The van der Waals surface area contributed by atoms with Gasteiger partial charge in [0.2, 0.25) is 0 Å². The molecule has 0 bridgehead atoms. The molecule has 1 saturated heterocycles. The lowest BCUT2D eigenvalue weighted by Crippen LogP contribution is -2.17. The molecular formula is C12H18N3O2PS2. The first kappa shape index (κ1) is 17.5. The Morgan fingerprint density at radius 3 is 2.70 bits per heavy atom. The first-order valence-corrected chi connectivity index (χ1v) is 10.4. The summed E-state index contributed by atoms with van der Waals surface area (Å²) >= 11 is 2.69. The van der Waals surface area contributed by atoms with Gasteiger partial charge in [0.25, 0.3) is 0 Å². The molecule has 0 aromatic carbocycles. The summed E-state index contributed by atoms with van der Waals surface area (Å²) in [7, 11) is 0. The van der Waals surface area contributed by atoms with E-state index >= 15 is 0 Å². The molecule has 1 aliphatic heterocycles. The number of hydrogen-bond acceptors (Lipinski definition) is 6. The van der Waals surface area contributed by atoms with Gasteiger partial charge in [-0.15, -0.1) is 11.8 Å². The second-order valence-corrected chi connectivity index (χ2v) is 9.88. The summed E-state index contributed by atoms with van der Waals surface area (Å²) in [6, 6.07) is 3.75. The minimum absolute atomic E-state index is 0.0113. The third-order valence-corrected chi connectivity index (χ3v) is 9.23. The molecule has 1 aliphatic rings. The molecular weight excluding hydrogens is 313 g/mol. The first-order chi connectivity index (χ1) is 9.52. The van der Waals surface area contributed by atoms with Crippen molar-refractivity contribution >= 4 is 29.9 Å². The Morgan fingerprint density at radius 2 is 2.20 bits per heavy atom. The highest BCUT2D eigenvalue weighted by Crippen LogP contribution is 2.68. The third kappa shape index (κ3) is 3.96. The molecule has 0 N–H and O–H groups in total. The van der Waals surface area contributed by atoms with Gasteiger partial charge in [0, 0.05) is 17.5 Å². The summed E-state index contributed by atoms with van der Waals surface area (Å²) in [5.74, 6) is 0.709. The van der Waals surface area contributed by atoms with E-state index in [0.29, 0.717) is 23.9 Å². The predicted molar refractivity (Wildman–Crippen MR) is 84.0 cm³/mol. The van der Waals surface area contributed by atoms with Crippen LogP contribution >= 0.6 is 29.9 Å². The molecule has 1 heterocycles. The monoisotopic (exact) mass is 331 g/mol. The van der Waals surface area contributed by atoms with Gasteiger partial charge in [-0.05, 0) is 24.7 Å². The average Bonchev–Trinajstić information content (AvgIpc) is 2.90. The van der Waals surface area contributed by atoms with Crippen molar-refractivity contribution in [2.75, 3.05) is 18.9 Å². The van der Waals surface area contributed by atoms with Gasteiger partial charge in [-0.3, -0.25) is 9.24 Å². The van der Waals surface area contributed by atoms with Crippen molar-refractivity contribution in [2.24, 2.45) is 0 Å². The SMILES string of the molecule is CCOP(=O)(SC(C)CC)N1CCSC1=C(C#N)C#N. The number of allylic oxidation sites excluding steroid dienone is 1. The van der Waals surface area contributed by atoms with Gasteiger partial charge in [-0.1, -0.05) is 13.8 Å². The summed E-state index contributed by atoms with van der Waals surface area (Å²) in [5.41, 5.74) is 0.0113. The number of rotatable bonds is 6. The van der Waals surface area contributed by atoms with E-state index in [1.807, 2.05) is 26.0 Å². The summed E-state index contributed by atoms with van der Waals surface area (Å²) in [5, 5.41) is 18.7. The molecule has 0 aromatic heterocycles. The molecule has 1 rings (SSSR count). The summed E-state index contributed by atoms with van der Waals surface area (Å²) < 4.78 is 20.3. The van der Waals surface area contributed by atoms with Gasteiger partial charge in [0.05, 0.1) is 6.61 Å². The molecule has 20 heavy (non-hydrogen) atoms. The van der Waals surface area contributed by atoms with E-state index in [2.05, 4.69) is 0 Å². The molecule has 1 fully saturated rings.